The van der Waals surface area contributed by atoms with Gasteiger partial charge in [-0.1, -0.05) is 82.2 Å². The van der Waals surface area contributed by atoms with E-state index in [9.17, 15) is 14.7 Å². The lowest BCUT2D eigenvalue weighted by molar-refractivity contribution is -0.137. The number of aliphatic hydroxyl groups is 1. The highest BCUT2D eigenvalue weighted by Gasteiger charge is 2.40. The number of rotatable bonds is 13. The van der Waals surface area contributed by atoms with E-state index in [4.69, 9.17) is 0 Å². The molecule has 5 nitrogen and oxygen atoms in total. The lowest BCUT2D eigenvalue weighted by atomic mass is 10.0. The van der Waals surface area contributed by atoms with Crippen LogP contribution in [0, 0.1) is 0 Å². The quantitative estimate of drug-likeness (QED) is 0.413. The molecule has 2 amide bonds. The molecular weight excluding hydrogens is 352 g/mol. The third-order valence-electron chi connectivity index (χ3n) is 5.26. The van der Waals surface area contributed by atoms with Crippen LogP contribution >= 0.6 is 0 Å². The van der Waals surface area contributed by atoms with Crippen LogP contribution in [0.5, 0.6) is 0 Å². The molecule has 1 aliphatic rings. The number of carbonyl (C=O) groups is 2. The molecule has 1 aromatic carbocycles. The van der Waals surface area contributed by atoms with Crippen molar-refractivity contribution in [2.45, 2.75) is 58.3 Å². The minimum absolute atomic E-state index is 0.0679. The van der Waals surface area contributed by atoms with Crippen molar-refractivity contribution >= 4 is 17.4 Å². The van der Waals surface area contributed by atoms with Crippen LogP contribution in [0.25, 0.3) is 5.57 Å². The summed E-state index contributed by atoms with van der Waals surface area (Å²) in [6, 6.07) is 9.33. The van der Waals surface area contributed by atoms with E-state index >= 15 is 0 Å². The normalized spacial score (nSPS) is 14.3. The molecule has 0 fully saturated rings. The first-order valence-corrected chi connectivity index (χ1v) is 10.6. The molecule has 2 rings (SSSR count). The second-order valence-electron chi connectivity index (χ2n) is 7.47. The fourth-order valence-corrected chi connectivity index (χ4v) is 3.65. The molecule has 0 aromatic heterocycles. The van der Waals surface area contributed by atoms with Crippen LogP contribution in [0.3, 0.4) is 0 Å². The van der Waals surface area contributed by atoms with Gasteiger partial charge in [-0.25, -0.2) is 0 Å². The topological polar surface area (TPSA) is 60.9 Å². The Bertz CT molecular complexity index is 670. The van der Waals surface area contributed by atoms with Crippen LogP contribution in [-0.2, 0) is 9.59 Å². The smallest absolute Gasteiger partial charge is 0.277 e. The molecule has 1 N–H and O–H groups in total. The number of unbranched alkanes of at least 4 members (excludes halogenated alkanes) is 7. The Morgan fingerprint density at radius 2 is 1.50 bits per heavy atom. The summed E-state index contributed by atoms with van der Waals surface area (Å²) < 4.78 is 0. The highest BCUT2D eigenvalue weighted by Crippen LogP contribution is 2.31. The van der Waals surface area contributed by atoms with E-state index in [0.717, 1.165) is 24.8 Å². The maximum absolute atomic E-state index is 13.0. The summed E-state index contributed by atoms with van der Waals surface area (Å²) in [7, 11) is 1.75. The lowest BCUT2D eigenvalue weighted by Crippen LogP contribution is -2.35. The second kappa shape index (κ2) is 11.6. The van der Waals surface area contributed by atoms with Crippen molar-refractivity contribution in [3.63, 3.8) is 0 Å². The Morgan fingerprint density at radius 1 is 0.893 bits per heavy atom. The number of nitrogens with zero attached hydrogens (tertiary/aromatic N) is 2. The van der Waals surface area contributed by atoms with E-state index in [-0.39, 0.29) is 18.4 Å². The van der Waals surface area contributed by atoms with Gasteiger partial charge in [0, 0.05) is 20.1 Å². The van der Waals surface area contributed by atoms with Gasteiger partial charge < -0.3 is 10.0 Å². The number of hydrogen-bond donors (Lipinski definition) is 1. The Hall–Kier alpha value is -2.14. The van der Waals surface area contributed by atoms with Crippen molar-refractivity contribution in [1.29, 1.82) is 0 Å². The summed E-state index contributed by atoms with van der Waals surface area (Å²) in [5, 5.41) is 9.28. The summed E-state index contributed by atoms with van der Waals surface area (Å²) in [6.07, 6.45) is 9.36. The number of amides is 2. The molecule has 0 atom stereocenters. The van der Waals surface area contributed by atoms with Crippen molar-refractivity contribution < 1.29 is 14.7 Å². The number of likely N-dealkylation sites (N-methyl/N-ethyl adjacent to an activating group) is 1. The van der Waals surface area contributed by atoms with E-state index in [2.05, 4.69) is 6.92 Å². The molecule has 0 unspecified atom stereocenters. The van der Waals surface area contributed by atoms with Gasteiger partial charge in [-0.2, -0.15) is 0 Å². The second-order valence-corrected chi connectivity index (χ2v) is 7.47. The standard InChI is InChI=1S/C23H34N2O3/c1-3-4-5-6-7-8-9-13-16-25-22(27)20(19-14-11-10-12-15-19)21(23(25)28)24(2)17-18-26/h10-12,14-15,26H,3-9,13,16-18H2,1-2H3. The Labute approximate surface area is 169 Å². The first-order chi connectivity index (χ1) is 13.6. The van der Waals surface area contributed by atoms with E-state index in [1.807, 2.05) is 30.3 Å². The van der Waals surface area contributed by atoms with E-state index in [1.54, 1.807) is 11.9 Å². The van der Waals surface area contributed by atoms with Crippen LogP contribution in [0.1, 0.15) is 63.9 Å². The zero-order valence-corrected chi connectivity index (χ0v) is 17.3. The van der Waals surface area contributed by atoms with Crippen LogP contribution in [0.15, 0.2) is 36.0 Å². The van der Waals surface area contributed by atoms with Gasteiger partial charge in [-0.05, 0) is 12.0 Å². The zero-order chi connectivity index (χ0) is 20.4. The molecule has 0 saturated heterocycles. The highest BCUT2D eigenvalue weighted by molar-refractivity contribution is 6.35. The number of aliphatic hydroxyl groups excluding tert-OH is 1. The minimum atomic E-state index is -0.247. The van der Waals surface area contributed by atoms with Gasteiger partial charge >= 0.3 is 0 Å². The number of benzene rings is 1. The summed E-state index contributed by atoms with van der Waals surface area (Å²) in [5.74, 6) is -0.471. The van der Waals surface area contributed by atoms with Gasteiger partial charge in [-0.3, -0.25) is 14.5 Å². The molecule has 154 valence electrons. The fourth-order valence-electron chi connectivity index (χ4n) is 3.65. The number of carbonyl (C=O) groups excluding carboxylic acids is 2. The summed E-state index contributed by atoms with van der Waals surface area (Å²) in [4.78, 5) is 29.1. The van der Waals surface area contributed by atoms with Gasteiger partial charge in [-0.15, -0.1) is 0 Å². The first-order valence-electron chi connectivity index (χ1n) is 10.6. The Kier molecular flexibility index (Phi) is 9.21. The molecule has 1 aliphatic heterocycles. The van der Waals surface area contributed by atoms with Crippen molar-refractivity contribution in [3.8, 4) is 0 Å². The molecule has 0 radical (unpaired) electrons. The maximum Gasteiger partial charge on any atom is 0.277 e. The molecule has 1 aromatic rings. The van der Waals surface area contributed by atoms with Crippen molar-refractivity contribution in [1.82, 2.24) is 9.80 Å². The minimum Gasteiger partial charge on any atom is -0.395 e. The van der Waals surface area contributed by atoms with Gasteiger partial charge in [0.15, 0.2) is 0 Å². The molecule has 5 heteroatoms. The average Bonchev–Trinajstić information content (AvgIpc) is 2.95. The molecular formula is C23H34N2O3. The van der Waals surface area contributed by atoms with E-state index in [1.165, 1.54) is 37.0 Å². The third kappa shape index (κ3) is 5.68. The van der Waals surface area contributed by atoms with Gasteiger partial charge in [0.1, 0.15) is 5.70 Å². The molecule has 0 spiro atoms. The van der Waals surface area contributed by atoms with Crippen molar-refractivity contribution in [2.24, 2.45) is 0 Å². The monoisotopic (exact) mass is 386 g/mol. The van der Waals surface area contributed by atoms with Crippen LogP contribution in [0.2, 0.25) is 0 Å². The number of hydrogen-bond acceptors (Lipinski definition) is 4. The SMILES string of the molecule is CCCCCCCCCCN1C(=O)C(c2ccccc2)=C(N(C)CCO)C1=O. The lowest BCUT2D eigenvalue weighted by Gasteiger charge is -2.20. The fraction of sp³-hybridized carbons (Fsp3) is 0.565. The predicted molar refractivity (Wildman–Crippen MR) is 112 cm³/mol. The summed E-state index contributed by atoms with van der Waals surface area (Å²) in [5.41, 5.74) is 1.59. The Balaban J connectivity index is 1.99. The van der Waals surface area contributed by atoms with Gasteiger partial charge in [0.2, 0.25) is 0 Å². The highest BCUT2D eigenvalue weighted by atomic mass is 16.3. The van der Waals surface area contributed by atoms with Crippen molar-refractivity contribution in [3.05, 3.63) is 41.6 Å². The van der Waals surface area contributed by atoms with E-state index < -0.39 is 0 Å². The van der Waals surface area contributed by atoms with Gasteiger partial charge in [0.25, 0.3) is 11.8 Å². The van der Waals surface area contributed by atoms with Crippen molar-refractivity contribution in [2.75, 3.05) is 26.7 Å². The molecule has 0 saturated carbocycles. The molecule has 28 heavy (non-hydrogen) atoms. The van der Waals surface area contributed by atoms with Crippen LogP contribution < -0.4 is 0 Å². The zero-order valence-electron chi connectivity index (χ0n) is 17.3. The third-order valence-corrected chi connectivity index (χ3v) is 5.26. The molecule has 0 bridgehead atoms. The summed E-state index contributed by atoms with van der Waals surface area (Å²) >= 11 is 0. The van der Waals surface area contributed by atoms with Crippen LogP contribution in [0.4, 0.5) is 0 Å². The van der Waals surface area contributed by atoms with E-state index in [0.29, 0.717) is 24.4 Å². The van der Waals surface area contributed by atoms with Crippen LogP contribution in [-0.4, -0.2) is 53.5 Å². The van der Waals surface area contributed by atoms with Gasteiger partial charge in [0.05, 0.1) is 12.2 Å². The molecule has 1 heterocycles. The Morgan fingerprint density at radius 3 is 2.11 bits per heavy atom. The largest absolute Gasteiger partial charge is 0.395 e. The predicted octanol–water partition coefficient (Wildman–Crippen LogP) is 3.83. The number of imide groups is 1. The summed E-state index contributed by atoms with van der Waals surface area (Å²) in [6.45, 7) is 2.92. The molecule has 0 aliphatic carbocycles. The maximum atomic E-state index is 13.0. The average molecular weight is 387 g/mol. The first kappa shape index (κ1) is 22.2.